The number of unbranched alkanes of at least 4 members (excludes halogenated alkanes) is 19. The second-order valence-electron chi connectivity index (χ2n) is 21.0. The van der Waals surface area contributed by atoms with Gasteiger partial charge in [-0.1, -0.05) is 232 Å². The van der Waals surface area contributed by atoms with Crippen molar-refractivity contribution in [3.63, 3.8) is 0 Å². The van der Waals surface area contributed by atoms with Gasteiger partial charge in [-0.3, -0.25) is 9.59 Å². The molecule has 0 bridgehead atoms. The van der Waals surface area contributed by atoms with Crippen LogP contribution >= 0.6 is 0 Å². The summed E-state index contributed by atoms with van der Waals surface area (Å²) in [6, 6.07) is -1.05. The third-order valence-corrected chi connectivity index (χ3v) is 13.8. The van der Waals surface area contributed by atoms with Gasteiger partial charge < -0.3 is 45.1 Å². The minimum atomic E-state index is -1.64. The number of hydrogen-bond acceptors (Lipinski definition) is 10. The van der Waals surface area contributed by atoms with E-state index in [0.717, 1.165) is 122 Å². The molecule has 11 heteroatoms. The van der Waals surface area contributed by atoms with Gasteiger partial charge in [-0.05, 0) is 116 Å². The van der Waals surface area contributed by atoms with Crippen LogP contribution in [0.1, 0.15) is 233 Å². The highest BCUT2D eigenvalue weighted by atomic mass is 16.7. The van der Waals surface area contributed by atoms with Gasteiger partial charge in [0.05, 0.1) is 25.4 Å². The van der Waals surface area contributed by atoms with Crippen molar-refractivity contribution in [1.29, 1.82) is 0 Å². The van der Waals surface area contributed by atoms with Crippen LogP contribution in [0.5, 0.6) is 0 Å². The summed E-state index contributed by atoms with van der Waals surface area (Å²) in [6.45, 7) is 5.59. The number of amides is 1. The van der Waals surface area contributed by atoms with Crippen molar-refractivity contribution in [2.45, 2.75) is 282 Å². The first-order valence-corrected chi connectivity index (χ1v) is 31.3. The molecule has 0 aliphatic carbocycles. The molecule has 0 aromatic carbocycles. The summed E-state index contributed by atoms with van der Waals surface area (Å²) in [6.07, 6.45) is 65.2. The van der Waals surface area contributed by atoms with Gasteiger partial charge in [0.15, 0.2) is 12.4 Å². The summed E-state index contributed by atoms with van der Waals surface area (Å²) in [5.74, 6) is -1.26. The highest BCUT2D eigenvalue weighted by Crippen LogP contribution is 2.26. The van der Waals surface area contributed by atoms with Gasteiger partial charge in [0.25, 0.3) is 0 Å². The molecule has 1 saturated heterocycles. The smallest absolute Gasteiger partial charge is 0.306 e. The number of carbonyl (C=O) groups is 2. The summed E-state index contributed by atoms with van der Waals surface area (Å²) < 4.78 is 17.6. The molecule has 8 atom stereocenters. The van der Waals surface area contributed by atoms with Crippen molar-refractivity contribution >= 4 is 11.9 Å². The molecular weight excluding hydrogens is 991 g/mol. The third-order valence-electron chi connectivity index (χ3n) is 13.8. The molecule has 1 rings (SSSR count). The molecule has 0 aromatic rings. The molecule has 1 fully saturated rings. The van der Waals surface area contributed by atoms with Gasteiger partial charge in [0.2, 0.25) is 5.91 Å². The molecule has 1 aliphatic rings. The lowest BCUT2D eigenvalue weighted by Gasteiger charge is -2.41. The Labute approximate surface area is 480 Å². The zero-order valence-corrected chi connectivity index (χ0v) is 49.7. The van der Waals surface area contributed by atoms with Crippen LogP contribution in [0.3, 0.4) is 0 Å². The Morgan fingerprint density at radius 1 is 0.506 bits per heavy atom. The molecule has 450 valence electrons. The fourth-order valence-electron chi connectivity index (χ4n) is 8.89. The SMILES string of the molecule is CC/C=C\C/C=C\C/C=C\C/C=C\C/C=C\CCCCC(O)C(=O)NC(COC1OC(CO)C(O)C(O)C1OC(=O)CCCCCCC/C=C\C/C=C\C/C=C\C/C=C\CCCCC)C(O)/C=C/CCCCCCCCCCC. The summed E-state index contributed by atoms with van der Waals surface area (Å²) in [7, 11) is 0. The van der Waals surface area contributed by atoms with Crippen molar-refractivity contribution in [1.82, 2.24) is 5.32 Å². The molecule has 0 radical (unpaired) electrons. The first-order chi connectivity index (χ1) is 38.7. The predicted octanol–water partition coefficient (Wildman–Crippen LogP) is 15.1. The zero-order chi connectivity index (χ0) is 57.5. The molecule has 11 nitrogen and oxygen atoms in total. The molecule has 79 heavy (non-hydrogen) atoms. The molecule has 1 amide bonds. The molecule has 8 unspecified atom stereocenters. The predicted molar refractivity (Wildman–Crippen MR) is 328 cm³/mol. The van der Waals surface area contributed by atoms with E-state index in [4.69, 9.17) is 14.2 Å². The lowest BCUT2D eigenvalue weighted by molar-refractivity contribution is -0.305. The van der Waals surface area contributed by atoms with Crippen LogP contribution in [0.2, 0.25) is 0 Å². The molecule has 1 heterocycles. The number of nitrogens with one attached hydrogen (secondary N) is 1. The highest BCUT2D eigenvalue weighted by Gasteiger charge is 2.47. The van der Waals surface area contributed by atoms with Gasteiger partial charge in [0.1, 0.15) is 24.4 Å². The monoisotopic (exact) mass is 1100 g/mol. The van der Waals surface area contributed by atoms with Crippen LogP contribution in [-0.4, -0.2) is 99.6 Å². The lowest BCUT2D eigenvalue weighted by Crippen LogP contribution is -2.61. The van der Waals surface area contributed by atoms with E-state index in [-0.39, 0.29) is 19.4 Å². The van der Waals surface area contributed by atoms with Crippen molar-refractivity contribution in [3.8, 4) is 0 Å². The van der Waals surface area contributed by atoms with Crippen LogP contribution in [0, 0.1) is 0 Å². The van der Waals surface area contributed by atoms with E-state index in [0.29, 0.717) is 12.8 Å². The maximum Gasteiger partial charge on any atom is 0.306 e. The van der Waals surface area contributed by atoms with E-state index in [1.54, 1.807) is 6.08 Å². The first-order valence-electron chi connectivity index (χ1n) is 31.3. The molecule has 0 saturated carbocycles. The highest BCUT2D eigenvalue weighted by molar-refractivity contribution is 5.80. The number of aliphatic hydroxyl groups is 5. The van der Waals surface area contributed by atoms with Crippen LogP contribution < -0.4 is 5.32 Å². The van der Waals surface area contributed by atoms with Crippen molar-refractivity contribution in [2.24, 2.45) is 0 Å². The van der Waals surface area contributed by atoms with E-state index in [1.807, 2.05) is 6.08 Å². The standard InChI is InChI=1S/C68H113NO10/c1-4-7-10-13-16-19-22-24-26-28-30-31-32-34-36-38-41-44-47-50-53-56-63(73)79-66-65(75)64(74)62(57-70)78-68(66)77-58-59(60(71)54-51-48-45-42-39-21-18-15-12-9-6-3)69-67(76)61(72)55-52-49-46-43-40-37-35-33-29-27-25-23-20-17-14-11-8-5-2/h8,11,16-17,19-20,24-27,30-31,33-36,40,43,51,54,59-62,64-66,68,70-72,74-75H,4-7,9-10,12-15,18,21-23,28-29,32,37-39,41-42,44-50,52-53,55-58H2,1-3H3,(H,69,76)/b11-8-,19-16-,20-17-,26-24-,27-25-,31-30-,35-33-,36-34-,43-40-,54-51+. The quantitative estimate of drug-likeness (QED) is 0.0195. The number of esters is 1. The topological polar surface area (TPSA) is 175 Å². The van der Waals surface area contributed by atoms with E-state index in [9.17, 15) is 35.1 Å². The van der Waals surface area contributed by atoms with E-state index >= 15 is 0 Å². The number of ether oxygens (including phenoxy) is 3. The Bertz CT molecular complexity index is 1740. The minimum absolute atomic E-state index is 0.0913. The van der Waals surface area contributed by atoms with Gasteiger partial charge in [0, 0.05) is 6.42 Å². The Kier molecular flexibility index (Phi) is 50.5. The van der Waals surface area contributed by atoms with Crippen LogP contribution in [0.4, 0.5) is 0 Å². The fourth-order valence-corrected chi connectivity index (χ4v) is 8.89. The molecule has 1 aliphatic heterocycles. The van der Waals surface area contributed by atoms with Gasteiger partial charge >= 0.3 is 5.97 Å². The minimum Gasteiger partial charge on any atom is -0.454 e. The summed E-state index contributed by atoms with van der Waals surface area (Å²) in [5, 5.41) is 56.9. The maximum atomic E-state index is 13.4. The van der Waals surface area contributed by atoms with Crippen molar-refractivity contribution < 1.29 is 49.3 Å². The fraction of sp³-hybridized carbons (Fsp3) is 0.676. The number of aliphatic hydroxyl groups excluding tert-OH is 5. The third kappa shape index (κ3) is 42.6. The van der Waals surface area contributed by atoms with Crippen molar-refractivity contribution in [3.05, 3.63) is 122 Å². The second kappa shape index (κ2) is 54.6. The van der Waals surface area contributed by atoms with Crippen LogP contribution in [-0.2, 0) is 23.8 Å². The zero-order valence-electron chi connectivity index (χ0n) is 49.7. The van der Waals surface area contributed by atoms with E-state index in [1.165, 1.54) is 64.2 Å². The Hall–Kier alpha value is -3.94. The Morgan fingerprint density at radius 3 is 1.39 bits per heavy atom. The second-order valence-corrected chi connectivity index (χ2v) is 21.0. The van der Waals surface area contributed by atoms with Gasteiger partial charge in [-0.2, -0.15) is 0 Å². The van der Waals surface area contributed by atoms with E-state index < -0.39 is 67.4 Å². The van der Waals surface area contributed by atoms with Gasteiger partial charge in [-0.25, -0.2) is 0 Å². The number of carbonyl (C=O) groups excluding carboxylic acids is 2. The largest absolute Gasteiger partial charge is 0.454 e. The van der Waals surface area contributed by atoms with Crippen molar-refractivity contribution in [2.75, 3.05) is 13.2 Å². The van der Waals surface area contributed by atoms with E-state index in [2.05, 4.69) is 135 Å². The number of hydrogen-bond donors (Lipinski definition) is 6. The lowest BCUT2D eigenvalue weighted by atomic mass is 9.99. The Morgan fingerprint density at radius 2 is 0.911 bits per heavy atom. The molecular formula is C68H113NO10. The normalized spacial score (nSPS) is 19.7. The van der Waals surface area contributed by atoms with Crippen LogP contribution in [0.25, 0.3) is 0 Å². The first kappa shape index (κ1) is 73.1. The molecule has 0 spiro atoms. The maximum absolute atomic E-state index is 13.4. The summed E-state index contributed by atoms with van der Waals surface area (Å²) >= 11 is 0. The molecule has 6 N–H and O–H groups in total. The van der Waals surface area contributed by atoms with Gasteiger partial charge in [-0.15, -0.1) is 0 Å². The van der Waals surface area contributed by atoms with Crippen LogP contribution in [0.15, 0.2) is 122 Å². The average Bonchev–Trinajstić information content (AvgIpc) is 3.45. The summed E-state index contributed by atoms with van der Waals surface area (Å²) in [4.78, 5) is 26.5. The number of allylic oxidation sites excluding steroid dienone is 19. The number of rotatable bonds is 51. The molecule has 0 aromatic heterocycles. The Balaban J connectivity index is 2.70. The average molecular weight is 1100 g/mol. The summed E-state index contributed by atoms with van der Waals surface area (Å²) in [5.41, 5.74) is 0.